The van der Waals surface area contributed by atoms with Crippen LogP contribution in [-0.2, 0) is 0 Å². The van der Waals surface area contributed by atoms with E-state index >= 15 is 0 Å². The fourth-order valence-corrected chi connectivity index (χ4v) is 3.79. The van der Waals surface area contributed by atoms with Crippen LogP contribution in [0.15, 0.2) is 45.6 Å². The van der Waals surface area contributed by atoms with E-state index in [9.17, 15) is 9.90 Å². The number of alkyl halides is 1. The Hall–Kier alpha value is -1.74. The highest BCUT2D eigenvalue weighted by Crippen LogP contribution is 2.47. The fourth-order valence-electron chi connectivity index (χ4n) is 3.63. The lowest BCUT2D eigenvalue weighted by atomic mass is 9.87. The molecule has 0 saturated heterocycles. The molecule has 2 aromatic rings. The molecule has 3 nitrogen and oxygen atoms in total. The van der Waals surface area contributed by atoms with Crippen LogP contribution >= 0.6 is 11.6 Å². The lowest BCUT2D eigenvalue weighted by molar-refractivity contribution is 0.373. The van der Waals surface area contributed by atoms with Gasteiger partial charge in [-0.05, 0) is 43.6 Å². The third-order valence-electron chi connectivity index (χ3n) is 5.13. The smallest absolute Gasteiger partial charge is 0.343 e. The zero-order valence-corrected chi connectivity index (χ0v) is 15.3. The van der Waals surface area contributed by atoms with Gasteiger partial charge in [0.1, 0.15) is 11.5 Å². The molecule has 134 valence electrons. The molecule has 2 atom stereocenters. The zero-order chi connectivity index (χ0) is 17.8. The van der Waals surface area contributed by atoms with E-state index in [1.807, 2.05) is 30.3 Å². The van der Waals surface area contributed by atoms with Crippen molar-refractivity contribution in [2.24, 2.45) is 5.92 Å². The van der Waals surface area contributed by atoms with E-state index in [0.29, 0.717) is 23.1 Å². The molecule has 1 saturated carbocycles. The van der Waals surface area contributed by atoms with Crippen LogP contribution in [0.1, 0.15) is 67.8 Å². The summed E-state index contributed by atoms with van der Waals surface area (Å²) in [7, 11) is 0. The van der Waals surface area contributed by atoms with Crippen molar-refractivity contribution in [1.82, 2.24) is 0 Å². The molecule has 1 heterocycles. The van der Waals surface area contributed by atoms with Gasteiger partial charge in [-0.3, -0.25) is 0 Å². The summed E-state index contributed by atoms with van der Waals surface area (Å²) in [6, 6.07) is 11.6. The Morgan fingerprint density at radius 2 is 2.00 bits per heavy atom. The van der Waals surface area contributed by atoms with Gasteiger partial charge in [0.25, 0.3) is 0 Å². The van der Waals surface area contributed by atoms with Crippen molar-refractivity contribution in [3.63, 3.8) is 0 Å². The Labute approximate surface area is 153 Å². The summed E-state index contributed by atoms with van der Waals surface area (Å²) in [6.45, 7) is 2.06. The summed E-state index contributed by atoms with van der Waals surface area (Å²) in [6.07, 6.45) is 4.72. The standard InChI is InChI=1S/C21H25ClO3/c1-2-14(9-6-12-22)18-13-17(23)20(21(24)25-18)19(16-10-11-16)15-7-4-3-5-8-15/h3-5,7-8,13-14,16,19,23H,2,6,9-12H2,1H3. The average molecular weight is 361 g/mol. The zero-order valence-electron chi connectivity index (χ0n) is 14.6. The maximum absolute atomic E-state index is 12.7. The molecule has 0 spiro atoms. The normalized spacial score (nSPS) is 16.6. The Morgan fingerprint density at radius 1 is 1.28 bits per heavy atom. The number of halogens is 1. The van der Waals surface area contributed by atoms with Gasteiger partial charge in [0.15, 0.2) is 0 Å². The first kappa shape index (κ1) is 18.1. The molecular weight excluding hydrogens is 336 g/mol. The van der Waals surface area contributed by atoms with Crippen molar-refractivity contribution in [3.05, 3.63) is 63.7 Å². The highest BCUT2D eigenvalue weighted by atomic mass is 35.5. The summed E-state index contributed by atoms with van der Waals surface area (Å²) in [5, 5.41) is 10.7. The molecule has 0 bridgehead atoms. The maximum atomic E-state index is 12.7. The van der Waals surface area contributed by atoms with E-state index in [2.05, 4.69) is 6.92 Å². The van der Waals surface area contributed by atoms with Crippen LogP contribution in [0, 0.1) is 5.92 Å². The summed E-state index contributed by atoms with van der Waals surface area (Å²) in [5.41, 5.74) is 1.07. The van der Waals surface area contributed by atoms with Gasteiger partial charge in [-0.2, -0.15) is 0 Å². The van der Waals surface area contributed by atoms with Crippen molar-refractivity contribution in [1.29, 1.82) is 0 Å². The lowest BCUT2D eigenvalue weighted by Gasteiger charge is -2.19. The van der Waals surface area contributed by atoms with Gasteiger partial charge < -0.3 is 9.52 Å². The Bertz CT molecular complexity index is 749. The molecule has 4 heteroatoms. The van der Waals surface area contributed by atoms with Crippen molar-refractivity contribution >= 4 is 11.6 Å². The predicted molar refractivity (Wildman–Crippen MR) is 101 cm³/mol. The largest absolute Gasteiger partial charge is 0.507 e. The van der Waals surface area contributed by atoms with Crippen LogP contribution in [0.3, 0.4) is 0 Å². The highest BCUT2D eigenvalue weighted by Gasteiger charge is 2.37. The van der Waals surface area contributed by atoms with Crippen molar-refractivity contribution in [3.8, 4) is 5.75 Å². The second kappa shape index (κ2) is 8.09. The summed E-state index contributed by atoms with van der Waals surface area (Å²) in [5.74, 6) is 1.65. The molecular formula is C21H25ClO3. The minimum Gasteiger partial charge on any atom is -0.507 e. The van der Waals surface area contributed by atoms with E-state index in [-0.39, 0.29) is 17.6 Å². The van der Waals surface area contributed by atoms with Crippen LogP contribution in [-0.4, -0.2) is 11.0 Å². The fraction of sp³-hybridized carbons (Fsp3) is 0.476. The quantitative estimate of drug-likeness (QED) is 0.641. The molecule has 0 amide bonds. The van der Waals surface area contributed by atoms with E-state index in [4.69, 9.17) is 16.0 Å². The van der Waals surface area contributed by atoms with Gasteiger partial charge in [0.2, 0.25) is 0 Å². The van der Waals surface area contributed by atoms with Crippen LogP contribution < -0.4 is 5.63 Å². The monoisotopic (exact) mass is 360 g/mol. The molecule has 0 radical (unpaired) electrons. The number of rotatable bonds is 8. The molecule has 25 heavy (non-hydrogen) atoms. The number of aromatic hydroxyl groups is 1. The molecule has 1 fully saturated rings. The topological polar surface area (TPSA) is 50.4 Å². The van der Waals surface area contributed by atoms with Crippen molar-refractivity contribution < 1.29 is 9.52 Å². The summed E-state index contributed by atoms with van der Waals surface area (Å²) >= 11 is 5.79. The van der Waals surface area contributed by atoms with Gasteiger partial charge in [-0.15, -0.1) is 11.6 Å². The van der Waals surface area contributed by atoms with Crippen LogP contribution in [0.2, 0.25) is 0 Å². The first-order chi connectivity index (χ1) is 12.2. The molecule has 2 unspecified atom stereocenters. The van der Waals surface area contributed by atoms with E-state index in [0.717, 1.165) is 37.7 Å². The Morgan fingerprint density at radius 3 is 2.56 bits per heavy atom. The van der Waals surface area contributed by atoms with Crippen LogP contribution in [0.5, 0.6) is 5.75 Å². The summed E-state index contributed by atoms with van der Waals surface area (Å²) in [4.78, 5) is 12.7. The van der Waals surface area contributed by atoms with Gasteiger partial charge in [-0.1, -0.05) is 37.3 Å². The van der Waals surface area contributed by atoms with E-state index in [1.54, 1.807) is 6.07 Å². The van der Waals surface area contributed by atoms with Crippen molar-refractivity contribution in [2.75, 3.05) is 5.88 Å². The van der Waals surface area contributed by atoms with Crippen molar-refractivity contribution in [2.45, 2.75) is 50.9 Å². The Kier molecular flexibility index (Phi) is 5.85. The number of hydrogen-bond acceptors (Lipinski definition) is 3. The first-order valence-electron chi connectivity index (χ1n) is 9.13. The molecule has 1 aromatic carbocycles. The molecule has 3 rings (SSSR count). The van der Waals surface area contributed by atoms with E-state index < -0.39 is 5.63 Å². The third kappa shape index (κ3) is 4.09. The van der Waals surface area contributed by atoms with Crippen LogP contribution in [0.25, 0.3) is 0 Å². The molecule has 1 aliphatic rings. The second-order valence-electron chi connectivity index (χ2n) is 6.90. The highest BCUT2D eigenvalue weighted by molar-refractivity contribution is 6.17. The van der Waals surface area contributed by atoms with Gasteiger partial charge >= 0.3 is 5.63 Å². The van der Waals surface area contributed by atoms with Gasteiger partial charge in [0, 0.05) is 23.8 Å². The third-order valence-corrected chi connectivity index (χ3v) is 5.40. The van der Waals surface area contributed by atoms with Gasteiger partial charge in [-0.25, -0.2) is 4.79 Å². The number of hydrogen-bond donors (Lipinski definition) is 1. The SMILES string of the molecule is CCC(CCCCl)c1cc(O)c(C(c2ccccc2)C2CC2)c(=O)o1. The lowest BCUT2D eigenvalue weighted by Crippen LogP contribution is -2.17. The number of benzene rings is 1. The predicted octanol–water partition coefficient (Wildman–Crippen LogP) is 5.40. The minimum atomic E-state index is -0.403. The minimum absolute atomic E-state index is 0.0660. The van der Waals surface area contributed by atoms with Gasteiger partial charge in [0.05, 0.1) is 5.56 Å². The molecule has 1 aliphatic carbocycles. The summed E-state index contributed by atoms with van der Waals surface area (Å²) < 4.78 is 5.66. The second-order valence-corrected chi connectivity index (χ2v) is 7.28. The maximum Gasteiger partial charge on any atom is 0.343 e. The molecule has 0 aliphatic heterocycles. The Balaban J connectivity index is 1.98. The molecule has 1 N–H and O–H groups in total. The molecule has 1 aromatic heterocycles. The first-order valence-corrected chi connectivity index (χ1v) is 9.67. The van der Waals surface area contributed by atoms with Crippen LogP contribution in [0.4, 0.5) is 0 Å². The van der Waals surface area contributed by atoms with E-state index in [1.165, 1.54) is 0 Å². The average Bonchev–Trinajstić information content (AvgIpc) is 3.44.